The lowest BCUT2D eigenvalue weighted by Crippen LogP contribution is -2.48. The van der Waals surface area contributed by atoms with Crippen LogP contribution in [0.3, 0.4) is 0 Å². The Bertz CT molecular complexity index is 1280. The number of H-pyrrole nitrogens is 1. The summed E-state index contributed by atoms with van der Waals surface area (Å²) in [5, 5.41) is 9.52. The van der Waals surface area contributed by atoms with Gasteiger partial charge in [0.15, 0.2) is 0 Å². The zero-order chi connectivity index (χ0) is 28.9. The van der Waals surface area contributed by atoms with Crippen molar-refractivity contribution < 1.29 is 37.3 Å². The Labute approximate surface area is 232 Å². The van der Waals surface area contributed by atoms with Crippen LogP contribution in [0, 0.1) is 11.6 Å². The van der Waals surface area contributed by atoms with E-state index in [4.69, 9.17) is 19.3 Å². The molecule has 2 heterocycles. The molecule has 0 radical (unpaired) electrons. The van der Waals surface area contributed by atoms with E-state index in [-0.39, 0.29) is 43.7 Å². The van der Waals surface area contributed by atoms with E-state index in [1.165, 1.54) is 26.0 Å². The van der Waals surface area contributed by atoms with Gasteiger partial charge in [0.1, 0.15) is 29.7 Å². The number of carboxylic acids is 1. The first-order chi connectivity index (χ1) is 19.0. The first kappa shape index (κ1) is 29.9. The predicted molar refractivity (Wildman–Crippen MR) is 146 cm³/mol. The molecule has 7 nitrogen and oxygen atoms in total. The molecule has 10 heteroatoms. The Morgan fingerprint density at radius 2 is 1.73 bits per heavy atom. The molecule has 0 aliphatic carbocycles. The highest BCUT2D eigenvalue weighted by Gasteiger charge is 2.41. The first-order valence-corrected chi connectivity index (χ1v) is 13.6. The molecule has 0 bridgehead atoms. The van der Waals surface area contributed by atoms with Crippen LogP contribution < -0.4 is 4.74 Å². The molecule has 1 aliphatic heterocycles. The fourth-order valence-corrected chi connectivity index (χ4v) is 5.28. The van der Waals surface area contributed by atoms with Gasteiger partial charge in [0.2, 0.25) is 0 Å². The summed E-state index contributed by atoms with van der Waals surface area (Å²) in [6, 6.07) is 9.14. The van der Waals surface area contributed by atoms with Crippen molar-refractivity contribution in [2.75, 3.05) is 39.6 Å². The zero-order valence-corrected chi connectivity index (χ0v) is 23.1. The van der Waals surface area contributed by atoms with Crippen LogP contribution in [0.25, 0.3) is 10.9 Å². The highest BCUT2D eigenvalue weighted by molar-refractivity contribution is 5.85. The average Bonchev–Trinajstić information content (AvgIpc) is 3.23. The maximum absolute atomic E-state index is 15.7. The van der Waals surface area contributed by atoms with E-state index in [0.717, 1.165) is 16.5 Å². The van der Waals surface area contributed by atoms with E-state index < -0.39 is 29.3 Å². The second-order valence-corrected chi connectivity index (χ2v) is 10.8. The van der Waals surface area contributed by atoms with Crippen molar-refractivity contribution in [2.45, 2.75) is 57.8 Å². The first-order valence-electron chi connectivity index (χ1n) is 13.6. The van der Waals surface area contributed by atoms with Gasteiger partial charge in [-0.05, 0) is 45.2 Å². The highest BCUT2D eigenvalue weighted by Crippen LogP contribution is 2.43. The lowest BCUT2D eigenvalue weighted by atomic mass is 9.87. The lowest BCUT2D eigenvalue weighted by molar-refractivity contribution is -0.142. The van der Waals surface area contributed by atoms with E-state index in [2.05, 4.69) is 4.98 Å². The number of aromatic nitrogens is 1. The van der Waals surface area contributed by atoms with Gasteiger partial charge in [-0.1, -0.05) is 18.2 Å². The van der Waals surface area contributed by atoms with Crippen LogP contribution in [0.5, 0.6) is 5.75 Å². The van der Waals surface area contributed by atoms with Gasteiger partial charge in [-0.3, -0.25) is 4.90 Å². The molecule has 2 N–H and O–H groups in total. The van der Waals surface area contributed by atoms with E-state index in [1.807, 2.05) is 36.1 Å². The van der Waals surface area contributed by atoms with Crippen molar-refractivity contribution in [1.29, 1.82) is 0 Å². The van der Waals surface area contributed by atoms with Gasteiger partial charge in [0.05, 0.1) is 12.6 Å². The minimum absolute atomic E-state index is 0.0104. The molecule has 0 unspecified atom stereocenters. The Morgan fingerprint density at radius 3 is 2.40 bits per heavy atom. The van der Waals surface area contributed by atoms with Crippen molar-refractivity contribution in [3.63, 3.8) is 0 Å². The number of aliphatic carboxylic acids is 1. The Morgan fingerprint density at radius 1 is 1.07 bits per heavy atom. The third kappa shape index (κ3) is 7.35. The molecule has 0 amide bonds. The third-order valence-corrected chi connectivity index (χ3v) is 6.91. The number of nitrogens with zero attached hydrogens (tertiary/aromatic N) is 1. The molecular weight excluding hydrogens is 525 g/mol. The number of hydrogen-bond acceptors (Lipinski definition) is 5. The summed E-state index contributed by atoms with van der Waals surface area (Å²) >= 11 is 0. The maximum Gasteiger partial charge on any atom is 0.329 e. The maximum atomic E-state index is 15.7. The quantitative estimate of drug-likeness (QED) is 0.242. The van der Waals surface area contributed by atoms with Crippen molar-refractivity contribution in [2.24, 2.45) is 0 Å². The van der Waals surface area contributed by atoms with Crippen LogP contribution in [0.2, 0.25) is 0 Å². The molecule has 40 heavy (non-hydrogen) atoms. The number of ether oxygens (including phenoxy) is 3. The van der Waals surface area contributed by atoms with Crippen molar-refractivity contribution in [1.82, 2.24) is 9.88 Å². The van der Waals surface area contributed by atoms with Crippen LogP contribution in [0.15, 0.2) is 36.4 Å². The van der Waals surface area contributed by atoms with Gasteiger partial charge in [-0.25, -0.2) is 18.0 Å². The number of halogens is 3. The molecule has 218 valence electrons. The molecule has 1 aliphatic rings. The van der Waals surface area contributed by atoms with Crippen LogP contribution >= 0.6 is 0 Å². The van der Waals surface area contributed by atoms with E-state index in [9.17, 15) is 9.18 Å². The third-order valence-electron chi connectivity index (χ3n) is 6.91. The molecular formula is C30H37F3N2O5. The summed E-state index contributed by atoms with van der Waals surface area (Å²) in [5.74, 6) is -2.45. The topological polar surface area (TPSA) is 84.0 Å². The molecule has 0 spiro atoms. The van der Waals surface area contributed by atoms with Gasteiger partial charge in [0.25, 0.3) is 0 Å². The summed E-state index contributed by atoms with van der Waals surface area (Å²) in [4.78, 5) is 15.6. The number of aromatic amines is 1. The molecule has 0 saturated heterocycles. The van der Waals surface area contributed by atoms with Crippen LogP contribution in [0.4, 0.5) is 13.2 Å². The average molecular weight is 563 g/mol. The normalized spacial score (nSPS) is 17.8. The number of carbonyl (C=O) groups is 1. The van der Waals surface area contributed by atoms with Gasteiger partial charge < -0.3 is 24.3 Å². The summed E-state index contributed by atoms with van der Waals surface area (Å²) in [6.07, 6.45) is 1.69. The van der Waals surface area contributed by atoms with Crippen molar-refractivity contribution >= 4 is 16.9 Å². The highest BCUT2D eigenvalue weighted by atomic mass is 19.1. The number of carboxylic acid groups (broad SMARTS) is 1. The minimum Gasteiger partial charge on any atom is -0.493 e. The number of fused-ring (bicyclic) bond motifs is 3. The number of benzene rings is 2. The monoisotopic (exact) mass is 562 g/mol. The number of alkyl halides is 1. The lowest BCUT2D eigenvalue weighted by Gasteiger charge is -2.43. The Hall–Kier alpha value is -3.08. The standard InChI is InChI=1S/C30H37F3N2O5/c1-19-14-22-21-8-4-5-9-25(21)34-28(22)29(35(19)18-30(2,3)33)27-23(31)15-20(16-24(27)32)40-13-7-11-38-10-6-12-39-17-26(36)37/h4-5,8-9,15-16,19,29,34H,6-7,10-14,17-18H2,1-3H3,(H,36,37)/t19-,29-/m1/s1. The fourth-order valence-electron chi connectivity index (χ4n) is 5.28. The Balaban J connectivity index is 1.46. The summed E-state index contributed by atoms with van der Waals surface area (Å²) in [6.45, 7) is 5.83. The largest absolute Gasteiger partial charge is 0.493 e. The van der Waals surface area contributed by atoms with E-state index in [0.29, 0.717) is 38.2 Å². The zero-order valence-electron chi connectivity index (χ0n) is 23.1. The van der Waals surface area contributed by atoms with Gasteiger partial charge in [-0.15, -0.1) is 0 Å². The summed E-state index contributed by atoms with van der Waals surface area (Å²) < 4.78 is 62.2. The second kappa shape index (κ2) is 13.1. The summed E-state index contributed by atoms with van der Waals surface area (Å²) in [7, 11) is 0. The van der Waals surface area contributed by atoms with E-state index >= 15 is 8.78 Å². The molecule has 1 aromatic heterocycles. The van der Waals surface area contributed by atoms with Crippen LogP contribution in [0.1, 0.15) is 56.5 Å². The number of hydrogen-bond donors (Lipinski definition) is 2. The van der Waals surface area contributed by atoms with Crippen molar-refractivity contribution in [3.05, 3.63) is 64.9 Å². The Kier molecular flexibility index (Phi) is 9.76. The van der Waals surface area contributed by atoms with Gasteiger partial charge in [0, 0.05) is 73.1 Å². The fraction of sp³-hybridized carbons (Fsp3) is 0.500. The number of nitrogens with one attached hydrogen (secondary N) is 1. The molecule has 0 saturated carbocycles. The minimum atomic E-state index is -1.57. The van der Waals surface area contributed by atoms with Crippen molar-refractivity contribution in [3.8, 4) is 5.75 Å². The number of rotatable bonds is 14. The summed E-state index contributed by atoms with van der Waals surface area (Å²) in [5.41, 5.74) is 0.847. The van der Waals surface area contributed by atoms with E-state index in [1.54, 1.807) is 0 Å². The number of para-hydroxylation sites is 1. The molecule has 2 aromatic carbocycles. The SMILES string of the molecule is C[C@@H]1Cc2c([nH]c3ccccc23)[C@@H](c2c(F)cc(OCCCOCCCOCC(=O)O)cc2F)N1CC(C)(C)F. The van der Waals surface area contributed by atoms with Gasteiger partial charge >= 0.3 is 5.97 Å². The molecule has 3 aromatic rings. The molecule has 4 rings (SSSR count). The van der Waals surface area contributed by atoms with Gasteiger partial charge in [-0.2, -0.15) is 0 Å². The molecule has 2 atom stereocenters. The van der Waals surface area contributed by atoms with Crippen LogP contribution in [-0.2, 0) is 20.7 Å². The molecule has 0 fully saturated rings. The second-order valence-electron chi connectivity index (χ2n) is 10.8. The van der Waals surface area contributed by atoms with Crippen LogP contribution in [-0.4, -0.2) is 72.2 Å². The smallest absolute Gasteiger partial charge is 0.329 e. The predicted octanol–water partition coefficient (Wildman–Crippen LogP) is 5.81.